The summed E-state index contributed by atoms with van der Waals surface area (Å²) in [5, 5.41) is 16.4. The van der Waals surface area contributed by atoms with Crippen LogP contribution in [0.4, 0.5) is 0 Å². The summed E-state index contributed by atoms with van der Waals surface area (Å²) >= 11 is 0. The van der Waals surface area contributed by atoms with Gasteiger partial charge in [0.15, 0.2) is 16.0 Å². The van der Waals surface area contributed by atoms with E-state index >= 15 is 0 Å². The molecule has 9 nitrogen and oxygen atoms in total. The first-order valence-corrected chi connectivity index (χ1v) is 15.0. The summed E-state index contributed by atoms with van der Waals surface area (Å²) in [6.07, 6.45) is 6.23. The SMILES string of the molecule is CO/N=C(/c1ccc(S(C)(=O)=O)cc1)C1CCN(C2(C)CCN(C(=O)c3c(C)cc[n+]([O-])c3C)CC2)CC1. The van der Waals surface area contributed by atoms with Gasteiger partial charge in [-0.15, -0.1) is 0 Å². The molecule has 3 heterocycles. The molecular formula is C28H38N4O5S. The Morgan fingerprint density at radius 3 is 2.24 bits per heavy atom. The minimum atomic E-state index is -3.26. The van der Waals surface area contributed by atoms with E-state index in [0.717, 1.165) is 60.3 Å². The largest absolute Gasteiger partial charge is 0.618 e. The van der Waals surface area contributed by atoms with Gasteiger partial charge in [-0.2, -0.15) is 4.73 Å². The van der Waals surface area contributed by atoms with Crippen LogP contribution in [0.3, 0.4) is 0 Å². The van der Waals surface area contributed by atoms with Crippen LogP contribution in [0.25, 0.3) is 0 Å². The molecule has 4 rings (SSSR count). The Morgan fingerprint density at radius 1 is 1.08 bits per heavy atom. The summed E-state index contributed by atoms with van der Waals surface area (Å²) in [6.45, 7) is 8.99. The van der Waals surface area contributed by atoms with Gasteiger partial charge >= 0.3 is 0 Å². The van der Waals surface area contributed by atoms with Gasteiger partial charge in [-0.05, 0) is 75.9 Å². The van der Waals surface area contributed by atoms with Crippen LogP contribution in [0.15, 0.2) is 46.6 Å². The molecule has 0 bridgehead atoms. The van der Waals surface area contributed by atoms with Crippen LogP contribution < -0.4 is 4.73 Å². The molecule has 0 atom stereocenters. The number of pyridine rings is 1. The fourth-order valence-electron chi connectivity index (χ4n) is 5.79. The molecule has 0 saturated carbocycles. The second kappa shape index (κ2) is 11.0. The first-order valence-electron chi connectivity index (χ1n) is 13.1. The first-order chi connectivity index (χ1) is 17.9. The smallest absolute Gasteiger partial charge is 0.260 e. The number of carbonyl (C=O) groups is 1. The number of rotatable bonds is 6. The second-order valence-corrected chi connectivity index (χ2v) is 12.8. The lowest BCUT2D eigenvalue weighted by Crippen LogP contribution is -2.57. The van der Waals surface area contributed by atoms with E-state index in [1.165, 1.54) is 19.6 Å². The molecule has 2 fully saturated rings. The Labute approximate surface area is 225 Å². The molecule has 0 radical (unpaired) electrons. The molecule has 1 aromatic carbocycles. The molecule has 1 amide bonds. The van der Waals surface area contributed by atoms with Gasteiger partial charge in [0.1, 0.15) is 12.7 Å². The van der Waals surface area contributed by atoms with Crippen molar-refractivity contribution in [3.05, 3.63) is 64.1 Å². The third-order valence-corrected chi connectivity index (χ3v) is 9.43. The molecule has 0 spiro atoms. The van der Waals surface area contributed by atoms with Crippen LogP contribution in [0.5, 0.6) is 0 Å². The minimum absolute atomic E-state index is 0.00331. The average Bonchev–Trinajstić information content (AvgIpc) is 2.90. The Balaban J connectivity index is 1.39. The van der Waals surface area contributed by atoms with Gasteiger partial charge in [0.05, 0.1) is 10.6 Å². The van der Waals surface area contributed by atoms with Gasteiger partial charge in [0.2, 0.25) is 5.69 Å². The molecule has 38 heavy (non-hydrogen) atoms. The third kappa shape index (κ3) is 5.71. The summed E-state index contributed by atoms with van der Waals surface area (Å²) in [5.41, 5.74) is 3.51. The molecule has 2 aliphatic heterocycles. The zero-order chi connectivity index (χ0) is 27.7. The maximum Gasteiger partial charge on any atom is 0.260 e. The topological polar surface area (TPSA) is 106 Å². The zero-order valence-corrected chi connectivity index (χ0v) is 23.8. The average molecular weight is 543 g/mol. The highest BCUT2D eigenvalue weighted by atomic mass is 32.2. The number of amides is 1. The van der Waals surface area contributed by atoms with E-state index in [1.807, 2.05) is 11.8 Å². The minimum Gasteiger partial charge on any atom is -0.618 e. The molecule has 206 valence electrons. The van der Waals surface area contributed by atoms with Crippen LogP contribution in [0.1, 0.15) is 59.8 Å². The van der Waals surface area contributed by atoms with Gasteiger partial charge in [-0.3, -0.25) is 9.69 Å². The maximum absolute atomic E-state index is 13.3. The lowest BCUT2D eigenvalue weighted by atomic mass is 9.82. The number of hydrogen-bond acceptors (Lipinski definition) is 7. The fraction of sp³-hybridized carbons (Fsp3) is 0.536. The van der Waals surface area contributed by atoms with Gasteiger partial charge in [0.25, 0.3) is 5.91 Å². The Kier molecular flexibility index (Phi) is 8.13. The highest BCUT2D eigenvalue weighted by molar-refractivity contribution is 7.90. The molecular weight excluding hydrogens is 504 g/mol. The van der Waals surface area contributed by atoms with E-state index in [1.54, 1.807) is 37.3 Å². The van der Waals surface area contributed by atoms with Crippen molar-refractivity contribution in [1.82, 2.24) is 9.80 Å². The van der Waals surface area contributed by atoms with E-state index in [4.69, 9.17) is 4.84 Å². The van der Waals surface area contributed by atoms with Crippen LogP contribution in [-0.2, 0) is 14.7 Å². The summed E-state index contributed by atoms with van der Waals surface area (Å²) in [5.74, 6) is 0.150. The van der Waals surface area contributed by atoms with Crippen molar-refractivity contribution >= 4 is 21.5 Å². The van der Waals surface area contributed by atoms with Crippen molar-refractivity contribution in [2.24, 2.45) is 11.1 Å². The van der Waals surface area contributed by atoms with Gasteiger partial charge in [-0.1, -0.05) is 17.3 Å². The second-order valence-electron chi connectivity index (χ2n) is 10.8. The molecule has 2 aromatic rings. The van der Waals surface area contributed by atoms with Crippen LogP contribution >= 0.6 is 0 Å². The summed E-state index contributed by atoms with van der Waals surface area (Å²) in [6, 6.07) is 8.55. The lowest BCUT2D eigenvalue weighted by Gasteiger charge is -2.49. The molecule has 1 aromatic heterocycles. The van der Waals surface area contributed by atoms with E-state index in [9.17, 15) is 18.4 Å². The highest BCUT2D eigenvalue weighted by Gasteiger charge is 2.40. The molecule has 0 aliphatic carbocycles. The number of likely N-dealkylation sites (tertiary alicyclic amines) is 2. The molecule has 2 aliphatic rings. The maximum atomic E-state index is 13.3. The number of hydrogen-bond donors (Lipinski definition) is 0. The Morgan fingerprint density at radius 2 is 1.68 bits per heavy atom. The predicted octanol–water partition coefficient (Wildman–Crippen LogP) is 3.10. The van der Waals surface area contributed by atoms with Crippen molar-refractivity contribution in [1.29, 1.82) is 0 Å². The third-order valence-electron chi connectivity index (χ3n) is 8.30. The van der Waals surface area contributed by atoms with Gasteiger partial charge in [0, 0.05) is 43.8 Å². The van der Waals surface area contributed by atoms with E-state index in [-0.39, 0.29) is 22.3 Å². The Hall–Kier alpha value is -2.98. The normalized spacial score (nSPS) is 19.4. The van der Waals surface area contributed by atoms with Crippen molar-refractivity contribution in [3.63, 3.8) is 0 Å². The van der Waals surface area contributed by atoms with E-state index in [0.29, 0.717) is 24.3 Å². The quantitative estimate of drug-likeness (QED) is 0.240. The molecule has 10 heteroatoms. The number of oxime groups is 1. The van der Waals surface area contributed by atoms with Crippen LogP contribution in [0.2, 0.25) is 0 Å². The number of carbonyl (C=O) groups excluding carboxylic acids is 1. The Bertz CT molecular complexity index is 1310. The highest BCUT2D eigenvalue weighted by Crippen LogP contribution is 2.34. The predicted molar refractivity (Wildman–Crippen MR) is 146 cm³/mol. The number of piperidine rings is 2. The van der Waals surface area contributed by atoms with Crippen molar-refractivity contribution in [3.8, 4) is 0 Å². The van der Waals surface area contributed by atoms with Crippen LogP contribution in [0, 0.1) is 25.0 Å². The molecule has 2 saturated heterocycles. The van der Waals surface area contributed by atoms with Crippen molar-refractivity contribution < 1.29 is 22.8 Å². The standard InChI is InChI=1S/C28H38N4O5S/c1-20-10-17-32(34)21(2)25(20)27(33)30-18-13-28(3,14-19-30)31-15-11-23(12-16-31)26(29-37-4)22-6-8-24(9-7-22)38(5,35)36/h6-10,17,23H,11-16,18-19H2,1-5H3/b29-26-. The lowest BCUT2D eigenvalue weighted by molar-refractivity contribution is -0.612. The molecule has 0 N–H and O–H groups in total. The van der Waals surface area contributed by atoms with Crippen molar-refractivity contribution in [2.75, 3.05) is 39.5 Å². The zero-order valence-electron chi connectivity index (χ0n) is 22.9. The van der Waals surface area contributed by atoms with Crippen molar-refractivity contribution in [2.45, 2.75) is 56.9 Å². The number of aromatic nitrogens is 1. The van der Waals surface area contributed by atoms with E-state index in [2.05, 4.69) is 17.0 Å². The van der Waals surface area contributed by atoms with Gasteiger partial charge in [-0.25, -0.2) is 8.42 Å². The molecule has 0 unspecified atom stereocenters. The first kappa shape index (κ1) is 28.0. The number of sulfone groups is 1. The number of aryl methyl sites for hydroxylation is 1. The van der Waals surface area contributed by atoms with Crippen LogP contribution in [-0.4, -0.2) is 74.9 Å². The van der Waals surface area contributed by atoms with Gasteiger partial charge < -0.3 is 14.9 Å². The number of benzene rings is 1. The summed E-state index contributed by atoms with van der Waals surface area (Å²) < 4.78 is 24.4. The summed E-state index contributed by atoms with van der Waals surface area (Å²) in [4.78, 5) is 23.1. The monoisotopic (exact) mass is 542 g/mol. The van der Waals surface area contributed by atoms with E-state index < -0.39 is 9.84 Å². The number of nitrogens with zero attached hydrogens (tertiary/aromatic N) is 4. The fourth-order valence-corrected chi connectivity index (χ4v) is 6.42. The summed E-state index contributed by atoms with van der Waals surface area (Å²) in [7, 11) is -1.72.